The largest absolute Gasteiger partial charge is 0.480 e. The first-order valence-electron chi connectivity index (χ1n) is 6.06. The van der Waals surface area contributed by atoms with E-state index in [0.29, 0.717) is 19.3 Å². The third-order valence-electron chi connectivity index (χ3n) is 3.08. The van der Waals surface area contributed by atoms with Crippen LogP contribution in [0.25, 0.3) is 0 Å². The van der Waals surface area contributed by atoms with E-state index in [1.807, 2.05) is 30.3 Å². The smallest absolute Gasteiger partial charge is 0.329 e. The molecule has 0 saturated heterocycles. The molecule has 1 amide bonds. The molecule has 1 aromatic carbocycles. The van der Waals surface area contributed by atoms with E-state index in [-0.39, 0.29) is 5.91 Å². The van der Waals surface area contributed by atoms with Crippen molar-refractivity contribution in [3.8, 4) is 0 Å². The van der Waals surface area contributed by atoms with Crippen molar-refractivity contribution in [2.75, 3.05) is 0 Å². The Kier molecular flexibility index (Phi) is 4.89. The van der Waals surface area contributed by atoms with Gasteiger partial charge >= 0.3 is 5.97 Å². The van der Waals surface area contributed by atoms with Gasteiger partial charge in [-0.2, -0.15) is 0 Å². The zero-order valence-corrected chi connectivity index (χ0v) is 10.8. The van der Waals surface area contributed by atoms with Crippen LogP contribution in [0.3, 0.4) is 0 Å². The van der Waals surface area contributed by atoms with Crippen molar-refractivity contribution < 1.29 is 14.7 Å². The second-order valence-electron chi connectivity index (χ2n) is 4.52. The lowest BCUT2D eigenvalue weighted by molar-refractivity contribution is -0.147. The molecule has 0 radical (unpaired) electrons. The predicted octanol–water partition coefficient (Wildman–Crippen LogP) is 1.99. The minimum absolute atomic E-state index is 0.231. The summed E-state index contributed by atoms with van der Waals surface area (Å²) in [5.41, 5.74) is -0.102. The number of carboxylic acids is 1. The first-order chi connectivity index (χ1) is 8.48. The minimum Gasteiger partial charge on any atom is -0.480 e. The predicted molar refractivity (Wildman–Crippen MR) is 69.2 cm³/mol. The van der Waals surface area contributed by atoms with Crippen LogP contribution in [0.1, 0.15) is 32.3 Å². The van der Waals surface area contributed by atoms with Crippen LogP contribution in [0.15, 0.2) is 30.3 Å². The third kappa shape index (κ3) is 3.87. The van der Waals surface area contributed by atoms with Crippen LogP contribution < -0.4 is 5.32 Å². The lowest BCUT2D eigenvalue weighted by Crippen LogP contribution is -2.51. The van der Waals surface area contributed by atoms with Gasteiger partial charge in [0.1, 0.15) is 5.54 Å². The molecule has 98 valence electrons. The quantitative estimate of drug-likeness (QED) is 0.810. The highest BCUT2D eigenvalue weighted by atomic mass is 16.4. The zero-order chi connectivity index (χ0) is 13.6. The Labute approximate surface area is 107 Å². The second-order valence-corrected chi connectivity index (χ2v) is 4.52. The van der Waals surface area contributed by atoms with Crippen molar-refractivity contribution in [2.24, 2.45) is 0 Å². The van der Waals surface area contributed by atoms with Crippen molar-refractivity contribution in [3.63, 3.8) is 0 Å². The lowest BCUT2D eigenvalue weighted by Gasteiger charge is -2.24. The highest BCUT2D eigenvalue weighted by molar-refractivity contribution is 5.86. The summed E-state index contributed by atoms with van der Waals surface area (Å²) in [6.07, 6.45) is 1.28. The molecule has 0 aliphatic rings. The van der Waals surface area contributed by atoms with Gasteiger partial charge < -0.3 is 10.4 Å². The Balaban J connectivity index is 2.49. The number of hydrogen-bond acceptors (Lipinski definition) is 2. The van der Waals surface area contributed by atoms with Crippen LogP contribution in [0, 0.1) is 0 Å². The average molecular weight is 249 g/mol. The van der Waals surface area contributed by atoms with Gasteiger partial charge in [0.05, 0.1) is 0 Å². The maximum Gasteiger partial charge on any atom is 0.329 e. The van der Waals surface area contributed by atoms with E-state index in [4.69, 9.17) is 5.11 Å². The zero-order valence-electron chi connectivity index (χ0n) is 10.8. The number of rotatable bonds is 6. The molecule has 2 N–H and O–H groups in total. The second kappa shape index (κ2) is 6.19. The molecule has 0 bridgehead atoms. The Bertz CT molecular complexity index is 416. The Hall–Kier alpha value is -1.84. The Morgan fingerprint density at radius 3 is 2.39 bits per heavy atom. The van der Waals surface area contributed by atoms with E-state index in [9.17, 15) is 9.59 Å². The van der Waals surface area contributed by atoms with Gasteiger partial charge in [-0.3, -0.25) is 4.79 Å². The van der Waals surface area contributed by atoms with Gasteiger partial charge in [-0.05, 0) is 25.3 Å². The normalized spacial score (nSPS) is 13.7. The Morgan fingerprint density at radius 1 is 1.28 bits per heavy atom. The fourth-order valence-corrected chi connectivity index (χ4v) is 1.57. The molecule has 0 saturated carbocycles. The first-order valence-corrected chi connectivity index (χ1v) is 6.06. The summed E-state index contributed by atoms with van der Waals surface area (Å²) in [5, 5.41) is 11.6. The van der Waals surface area contributed by atoms with Gasteiger partial charge in [0.15, 0.2) is 0 Å². The van der Waals surface area contributed by atoms with Crippen LogP contribution in [-0.2, 0) is 16.0 Å². The third-order valence-corrected chi connectivity index (χ3v) is 3.08. The topological polar surface area (TPSA) is 66.4 Å². The molecule has 0 fully saturated rings. The Morgan fingerprint density at radius 2 is 1.89 bits per heavy atom. The van der Waals surface area contributed by atoms with E-state index in [0.717, 1.165) is 5.56 Å². The molecular weight excluding hydrogens is 230 g/mol. The molecule has 0 aromatic heterocycles. The minimum atomic E-state index is -1.17. The fraction of sp³-hybridized carbons (Fsp3) is 0.429. The van der Waals surface area contributed by atoms with Crippen LogP contribution in [0.5, 0.6) is 0 Å². The van der Waals surface area contributed by atoms with Crippen LogP contribution in [0.4, 0.5) is 0 Å². The van der Waals surface area contributed by atoms with E-state index in [1.165, 1.54) is 6.92 Å². The molecule has 0 aliphatic carbocycles. The van der Waals surface area contributed by atoms with Gasteiger partial charge in [-0.15, -0.1) is 0 Å². The average Bonchev–Trinajstić information content (AvgIpc) is 2.37. The summed E-state index contributed by atoms with van der Waals surface area (Å²) < 4.78 is 0. The van der Waals surface area contributed by atoms with Crippen molar-refractivity contribution >= 4 is 11.9 Å². The number of hydrogen-bond donors (Lipinski definition) is 2. The first kappa shape index (κ1) is 14.2. The number of benzene rings is 1. The molecule has 0 aliphatic heterocycles. The molecule has 0 heterocycles. The van der Waals surface area contributed by atoms with Gasteiger partial charge in [-0.25, -0.2) is 4.79 Å². The van der Waals surface area contributed by atoms with Gasteiger partial charge in [-0.1, -0.05) is 37.3 Å². The van der Waals surface area contributed by atoms with Crippen molar-refractivity contribution in [3.05, 3.63) is 35.9 Å². The number of carbonyl (C=O) groups is 2. The number of carbonyl (C=O) groups excluding carboxylic acids is 1. The standard InChI is InChI=1S/C14H19NO3/c1-3-14(2,13(17)18)15-12(16)10-9-11-7-5-4-6-8-11/h4-8H,3,9-10H2,1-2H3,(H,15,16)(H,17,18). The summed E-state index contributed by atoms with van der Waals surface area (Å²) in [4.78, 5) is 22.8. The van der Waals surface area contributed by atoms with E-state index >= 15 is 0 Å². The summed E-state index contributed by atoms with van der Waals surface area (Å²) in [6, 6.07) is 9.65. The number of aryl methyl sites for hydroxylation is 1. The SMILES string of the molecule is CCC(C)(NC(=O)CCc1ccccc1)C(=O)O. The van der Waals surface area contributed by atoms with Crippen molar-refractivity contribution in [1.82, 2.24) is 5.32 Å². The van der Waals surface area contributed by atoms with Gasteiger partial charge in [0.2, 0.25) is 5.91 Å². The molecule has 18 heavy (non-hydrogen) atoms. The monoisotopic (exact) mass is 249 g/mol. The summed E-state index contributed by atoms with van der Waals surface area (Å²) in [6.45, 7) is 3.27. The molecule has 1 unspecified atom stereocenters. The molecule has 1 aromatic rings. The van der Waals surface area contributed by atoms with Gasteiger partial charge in [0, 0.05) is 6.42 Å². The lowest BCUT2D eigenvalue weighted by atomic mass is 9.98. The van der Waals surface area contributed by atoms with Gasteiger partial charge in [0.25, 0.3) is 0 Å². The molecular formula is C14H19NO3. The maximum atomic E-state index is 11.7. The fourth-order valence-electron chi connectivity index (χ4n) is 1.57. The maximum absolute atomic E-state index is 11.7. The van der Waals surface area contributed by atoms with Crippen LogP contribution in [-0.4, -0.2) is 22.5 Å². The van der Waals surface area contributed by atoms with Crippen LogP contribution >= 0.6 is 0 Å². The molecule has 1 atom stereocenters. The van der Waals surface area contributed by atoms with E-state index < -0.39 is 11.5 Å². The van der Waals surface area contributed by atoms with Crippen molar-refractivity contribution in [2.45, 2.75) is 38.6 Å². The molecule has 4 nitrogen and oxygen atoms in total. The molecule has 1 rings (SSSR count). The van der Waals surface area contributed by atoms with E-state index in [2.05, 4.69) is 5.32 Å². The number of carboxylic acid groups (broad SMARTS) is 1. The highest BCUT2D eigenvalue weighted by Crippen LogP contribution is 2.10. The van der Waals surface area contributed by atoms with Crippen molar-refractivity contribution in [1.29, 1.82) is 0 Å². The number of aliphatic carboxylic acids is 1. The molecule has 4 heteroatoms. The molecule has 0 spiro atoms. The summed E-state index contributed by atoms with van der Waals surface area (Å²) in [7, 11) is 0. The number of amides is 1. The summed E-state index contributed by atoms with van der Waals surface area (Å²) >= 11 is 0. The highest BCUT2D eigenvalue weighted by Gasteiger charge is 2.32. The summed E-state index contributed by atoms with van der Waals surface area (Å²) in [5.74, 6) is -1.23. The van der Waals surface area contributed by atoms with E-state index in [1.54, 1.807) is 6.92 Å². The number of nitrogens with one attached hydrogen (secondary N) is 1. The van der Waals surface area contributed by atoms with Crippen LogP contribution in [0.2, 0.25) is 0 Å².